The maximum absolute atomic E-state index is 12.1. The first-order valence-electron chi connectivity index (χ1n) is 7.01. The van der Waals surface area contributed by atoms with Crippen LogP contribution < -0.4 is 16.2 Å². The van der Waals surface area contributed by atoms with Crippen LogP contribution in [0.5, 0.6) is 5.75 Å². The maximum atomic E-state index is 12.1. The summed E-state index contributed by atoms with van der Waals surface area (Å²) >= 11 is 13.6. The van der Waals surface area contributed by atoms with Crippen molar-refractivity contribution in [3.8, 4) is 16.9 Å². The van der Waals surface area contributed by atoms with Crippen LogP contribution in [-0.2, 0) is 4.79 Å². The van der Waals surface area contributed by atoms with E-state index in [0.717, 1.165) is 16.7 Å². The monoisotopic (exact) mass is 381 g/mol. The number of fused-ring (bicyclic) bond motifs is 1. The Balaban J connectivity index is 2.08. The Hall–Kier alpha value is -2.02. The summed E-state index contributed by atoms with van der Waals surface area (Å²) < 4.78 is 7.05. The van der Waals surface area contributed by atoms with Gasteiger partial charge in [0.1, 0.15) is 10.1 Å². The van der Waals surface area contributed by atoms with Crippen molar-refractivity contribution in [1.82, 2.24) is 0 Å². The van der Waals surface area contributed by atoms with Gasteiger partial charge in [-0.1, -0.05) is 41.4 Å². The number of thiophene rings is 1. The smallest absolute Gasteiger partial charge is 0.276 e. The Morgan fingerprint density at radius 3 is 2.71 bits per heavy atom. The minimum atomic E-state index is -0.464. The van der Waals surface area contributed by atoms with E-state index in [9.17, 15) is 4.79 Å². The molecule has 0 unspecified atom stereocenters. The highest BCUT2D eigenvalue weighted by Gasteiger charge is 2.20. The summed E-state index contributed by atoms with van der Waals surface area (Å²) in [4.78, 5) is 15.7. The second kappa shape index (κ2) is 6.84. The van der Waals surface area contributed by atoms with Crippen LogP contribution in [0.2, 0.25) is 8.67 Å². The fourth-order valence-corrected chi connectivity index (χ4v) is 3.94. The van der Waals surface area contributed by atoms with Gasteiger partial charge in [0.2, 0.25) is 0 Å². The standard InChI is InChI=1S/C16H13Cl2N3O2S/c17-12-7-11(14(18)24-12)10-3-1-2-8-6-9(4-5-23-13(8)10)15(22)21-16(19)20/h1-3,6-7H,4-5H2,(H4,19,20,21,22). The largest absolute Gasteiger partial charge is 0.492 e. The zero-order chi connectivity index (χ0) is 17.3. The molecule has 0 aliphatic carbocycles. The quantitative estimate of drug-likeness (QED) is 0.612. The highest BCUT2D eigenvalue weighted by Crippen LogP contribution is 2.44. The second-order valence-electron chi connectivity index (χ2n) is 5.07. The number of carbonyl (C=O) groups is 1. The van der Waals surface area contributed by atoms with Crippen molar-refractivity contribution in [2.45, 2.75) is 6.42 Å². The predicted molar refractivity (Wildman–Crippen MR) is 98.7 cm³/mol. The van der Waals surface area contributed by atoms with Crippen molar-refractivity contribution in [3.63, 3.8) is 0 Å². The summed E-state index contributed by atoms with van der Waals surface area (Å²) in [6.07, 6.45) is 2.14. The molecule has 0 atom stereocenters. The van der Waals surface area contributed by atoms with Crippen molar-refractivity contribution < 1.29 is 9.53 Å². The SMILES string of the molecule is NC(N)=NC(=O)C1=Cc2cccc(-c3cc(Cl)sc3Cl)c2OCC1. The molecule has 0 fully saturated rings. The number of rotatable bonds is 2. The number of benzene rings is 1. The van der Waals surface area contributed by atoms with E-state index in [-0.39, 0.29) is 5.96 Å². The molecule has 124 valence electrons. The van der Waals surface area contributed by atoms with Crippen LogP contribution in [0.3, 0.4) is 0 Å². The molecule has 3 rings (SSSR count). The molecule has 1 aromatic heterocycles. The Morgan fingerprint density at radius 2 is 2.04 bits per heavy atom. The number of para-hydroxylation sites is 1. The lowest BCUT2D eigenvalue weighted by Gasteiger charge is -2.11. The lowest BCUT2D eigenvalue weighted by atomic mass is 10.0. The van der Waals surface area contributed by atoms with Crippen LogP contribution in [-0.4, -0.2) is 18.5 Å². The molecule has 2 heterocycles. The Morgan fingerprint density at radius 1 is 1.25 bits per heavy atom. The van der Waals surface area contributed by atoms with Crippen LogP contribution >= 0.6 is 34.5 Å². The number of amides is 1. The van der Waals surface area contributed by atoms with Gasteiger partial charge < -0.3 is 16.2 Å². The second-order valence-corrected chi connectivity index (χ2v) is 7.36. The van der Waals surface area contributed by atoms with E-state index in [1.54, 1.807) is 12.1 Å². The summed E-state index contributed by atoms with van der Waals surface area (Å²) in [6.45, 7) is 0.330. The Bertz CT molecular complexity index is 870. The average Bonchev–Trinajstić information content (AvgIpc) is 2.72. The summed E-state index contributed by atoms with van der Waals surface area (Å²) in [5, 5.41) is 0. The van der Waals surface area contributed by atoms with Gasteiger partial charge in [-0.15, -0.1) is 11.3 Å². The number of aliphatic imine (C=N–C) groups is 1. The minimum Gasteiger partial charge on any atom is -0.492 e. The maximum Gasteiger partial charge on any atom is 0.276 e. The van der Waals surface area contributed by atoms with E-state index in [1.807, 2.05) is 18.2 Å². The van der Waals surface area contributed by atoms with Gasteiger partial charge in [0.15, 0.2) is 5.96 Å². The van der Waals surface area contributed by atoms with Crippen molar-refractivity contribution >= 4 is 52.5 Å². The van der Waals surface area contributed by atoms with Crippen LogP contribution in [0, 0.1) is 0 Å². The van der Waals surface area contributed by atoms with Gasteiger partial charge in [0.25, 0.3) is 5.91 Å². The van der Waals surface area contributed by atoms with E-state index in [1.165, 1.54) is 11.3 Å². The van der Waals surface area contributed by atoms with E-state index in [0.29, 0.717) is 33.0 Å². The Kier molecular flexibility index (Phi) is 4.80. The number of hydrogen-bond acceptors (Lipinski definition) is 3. The first-order valence-corrected chi connectivity index (χ1v) is 8.58. The predicted octanol–water partition coefficient (Wildman–Crippen LogP) is 3.69. The third-order valence-corrected chi connectivity index (χ3v) is 4.93. The summed E-state index contributed by atoms with van der Waals surface area (Å²) in [5.74, 6) is -0.0745. The topological polar surface area (TPSA) is 90.7 Å². The normalized spacial score (nSPS) is 13.3. The molecule has 0 bridgehead atoms. The van der Waals surface area contributed by atoms with Crippen LogP contribution in [0.4, 0.5) is 0 Å². The fraction of sp³-hybridized carbons (Fsp3) is 0.125. The molecule has 4 N–H and O–H groups in total. The molecule has 1 amide bonds. The third-order valence-electron chi connectivity index (χ3n) is 3.45. The fourth-order valence-electron chi connectivity index (χ4n) is 2.45. The molecule has 0 spiro atoms. The van der Waals surface area contributed by atoms with Crippen molar-refractivity contribution in [2.75, 3.05) is 6.61 Å². The molecule has 8 heteroatoms. The number of nitrogens with two attached hydrogens (primary N) is 2. The molecule has 0 radical (unpaired) electrons. The molecular weight excluding hydrogens is 369 g/mol. The van der Waals surface area contributed by atoms with Gasteiger partial charge in [-0.25, -0.2) is 0 Å². The zero-order valence-corrected chi connectivity index (χ0v) is 14.7. The number of ether oxygens (including phenoxy) is 1. The van der Waals surface area contributed by atoms with Crippen LogP contribution in [0.1, 0.15) is 12.0 Å². The molecule has 1 aliphatic rings. The van der Waals surface area contributed by atoms with Gasteiger partial charge in [-0.05, 0) is 12.1 Å². The molecule has 0 saturated carbocycles. The van der Waals surface area contributed by atoms with E-state index in [2.05, 4.69) is 4.99 Å². The number of halogens is 2. The lowest BCUT2D eigenvalue weighted by Crippen LogP contribution is -2.24. The van der Waals surface area contributed by atoms with Gasteiger partial charge in [0, 0.05) is 28.7 Å². The third kappa shape index (κ3) is 3.40. The molecule has 24 heavy (non-hydrogen) atoms. The van der Waals surface area contributed by atoms with Crippen molar-refractivity contribution in [3.05, 3.63) is 44.1 Å². The average molecular weight is 382 g/mol. The Labute approximate surface area is 152 Å². The summed E-state index contributed by atoms with van der Waals surface area (Å²) in [6, 6.07) is 7.42. The highest BCUT2D eigenvalue weighted by atomic mass is 35.5. The molecule has 1 aliphatic heterocycles. The number of guanidine groups is 1. The lowest BCUT2D eigenvalue weighted by molar-refractivity contribution is -0.114. The van der Waals surface area contributed by atoms with Crippen molar-refractivity contribution in [2.24, 2.45) is 16.5 Å². The number of nitrogens with zero attached hydrogens (tertiary/aromatic N) is 1. The van der Waals surface area contributed by atoms with Gasteiger partial charge in [-0.3, -0.25) is 4.79 Å². The number of hydrogen-bond donors (Lipinski definition) is 2. The van der Waals surface area contributed by atoms with Crippen LogP contribution in [0.15, 0.2) is 34.8 Å². The first-order chi connectivity index (χ1) is 11.5. The zero-order valence-electron chi connectivity index (χ0n) is 12.4. The summed E-state index contributed by atoms with van der Waals surface area (Å²) in [7, 11) is 0. The molecule has 2 aromatic rings. The van der Waals surface area contributed by atoms with E-state index in [4.69, 9.17) is 39.4 Å². The molecular formula is C16H13Cl2N3O2S. The van der Waals surface area contributed by atoms with Gasteiger partial charge in [0.05, 0.1) is 10.9 Å². The van der Waals surface area contributed by atoms with Crippen LogP contribution in [0.25, 0.3) is 17.2 Å². The van der Waals surface area contributed by atoms with E-state index >= 15 is 0 Å². The minimum absolute atomic E-state index is 0.264. The van der Waals surface area contributed by atoms with Gasteiger partial charge >= 0.3 is 0 Å². The van der Waals surface area contributed by atoms with E-state index < -0.39 is 5.91 Å². The first kappa shape index (κ1) is 16.8. The van der Waals surface area contributed by atoms with Crippen molar-refractivity contribution in [1.29, 1.82) is 0 Å². The molecule has 1 aromatic carbocycles. The molecule has 5 nitrogen and oxygen atoms in total. The number of carbonyl (C=O) groups excluding carboxylic acids is 1. The summed E-state index contributed by atoms with van der Waals surface area (Å²) in [5.41, 5.74) is 13.4. The highest BCUT2D eigenvalue weighted by molar-refractivity contribution is 7.20. The van der Waals surface area contributed by atoms with Gasteiger partial charge in [-0.2, -0.15) is 4.99 Å². The molecule has 0 saturated heterocycles.